The van der Waals surface area contributed by atoms with Gasteiger partial charge in [0.15, 0.2) is 0 Å². The number of anilines is 4. The van der Waals surface area contributed by atoms with Gasteiger partial charge in [0, 0.05) is 11.4 Å². The Kier molecular flexibility index (Phi) is 6.66. The topological polar surface area (TPSA) is 106 Å². The number of carbonyl (C=O) groups is 1. The van der Waals surface area contributed by atoms with E-state index < -0.39 is 0 Å². The molecular formula is C21H24N6OS. The van der Waals surface area contributed by atoms with E-state index in [0.29, 0.717) is 23.3 Å². The SMILES string of the molecule is Cc1ccc(NC(=O)CSCc2nc(N)nc(Nc3ccccc3C)n2)cc1C. The molecule has 3 aromatic rings. The third kappa shape index (κ3) is 5.92. The third-order valence-electron chi connectivity index (χ3n) is 4.35. The summed E-state index contributed by atoms with van der Waals surface area (Å²) in [4.78, 5) is 24.9. The second kappa shape index (κ2) is 9.38. The number of amides is 1. The highest BCUT2D eigenvalue weighted by Gasteiger charge is 2.09. The highest BCUT2D eigenvalue weighted by atomic mass is 32.2. The summed E-state index contributed by atoms with van der Waals surface area (Å²) < 4.78 is 0. The van der Waals surface area contributed by atoms with Crippen molar-refractivity contribution in [1.82, 2.24) is 15.0 Å². The molecule has 4 N–H and O–H groups in total. The van der Waals surface area contributed by atoms with Crippen LogP contribution in [0.4, 0.5) is 23.3 Å². The van der Waals surface area contributed by atoms with Crippen molar-refractivity contribution in [2.75, 3.05) is 22.1 Å². The fraction of sp³-hybridized carbons (Fsp3) is 0.238. The highest BCUT2D eigenvalue weighted by Crippen LogP contribution is 2.19. The summed E-state index contributed by atoms with van der Waals surface area (Å²) >= 11 is 1.42. The maximum absolute atomic E-state index is 12.2. The van der Waals surface area contributed by atoms with Gasteiger partial charge >= 0.3 is 0 Å². The molecule has 7 nitrogen and oxygen atoms in total. The maximum atomic E-state index is 12.2. The predicted octanol–water partition coefficient (Wildman–Crippen LogP) is 3.99. The Hall–Kier alpha value is -3.13. The maximum Gasteiger partial charge on any atom is 0.234 e. The van der Waals surface area contributed by atoms with Gasteiger partial charge in [-0.05, 0) is 55.7 Å². The van der Waals surface area contributed by atoms with E-state index >= 15 is 0 Å². The molecule has 0 aliphatic carbocycles. The normalized spacial score (nSPS) is 10.6. The first-order chi connectivity index (χ1) is 13.9. The number of nitrogens with two attached hydrogens (primary N) is 1. The first-order valence-electron chi connectivity index (χ1n) is 9.18. The molecule has 0 radical (unpaired) electrons. The fourth-order valence-electron chi connectivity index (χ4n) is 2.64. The van der Waals surface area contributed by atoms with Crippen LogP contribution >= 0.6 is 11.8 Å². The van der Waals surface area contributed by atoms with Crippen LogP contribution in [0, 0.1) is 20.8 Å². The number of benzene rings is 2. The first-order valence-corrected chi connectivity index (χ1v) is 10.3. The molecule has 3 rings (SSSR count). The molecule has 150 valence electrons. The summed E-state index contributed by atoms with van der Waals surface area (Å²) in [5, 5.41) is 6.07. The number of aromatic nitrogens is 3. The van der Waals surface area contributed by atoms with Crippen molar-refractivity contribution < 1.29 is 4.79 Å². The zero-order valence-electron chi connectivity index (χ0n) is 16.7. The van der Waals surface area contributed by atoms with Gasteiger partial charge in [-0.3, -0.25) is 4.79 Å². The number of aryl methyl sites for hydroxylation is 3. The van der Waals surface area contributed by atoms with Crippen molar-refractivity contribution in [3.05, 3.63) is 65.0 Å². The van der Waals surface area contributed by atoms with Gasteiger partial charge in [0.25, 0.3) is 0 Å². The van der Waals surface area contributed by atoms with Crippen LogP contribution in [-0.2, 0) is 10.5 Å². The Balaban J connectivity index is 1.56. The molecule has 1 amide bonds. The van der Waals surface area contributed by atoms with Crippen LogP contribution in [0.2, 0.25) is 0 Å². The Morgan fingerprint density at radius 1 is 1.00 bits per heavy atom. The lowest BCUT2D eigenvalue weighted by atomic mass is 10.1. The van der Waals surface area contributed by atoms with Gasteiger partial charge in [-0.2, -0.15) is 15.0 Å². The third-order valence-corrected chi connectivity index (χ3v) is 5.27. The summed E-state index contributed by atoms with van der Waals surface area (Å²) in [7, 11) is 0. The van der Waals surface area contributed by atoms with E-state index in [1.54, 1.807) is 0 Å². The Bertz CT molecular complexity index is 1020. The van der Waals surface area contributed by atoms with Gasteiger partial charge in [-0.1, -0.05) is 24.3 Å². The molecule has 0 atom stereocenters. The zero-order chi connectivity index (χ0) is 20.8. The molecule has 0 aliphatic heterocycles. The quantitative estimate of drug-likeness (QED) is 0.543. The largest absolute Gasteiger partial charge is 0.368 e. The molecule has 2 aromatic carbocycles. The second-order valence-corrected chi connectivity index (χ2v) is 7.70. The first kappa shape index (κ1) is 20.6. The van der Waals surface area contributed by atoms with E-state index in [0.717, 1.165) is 22.5 Å². The van der Waals surface area contributed by atoms with E-state index in [1.807, 2.05) is 63.2 Å². The Morgan fingerprint density at radius 3 is 2.55 bits per heavy atom. The predicted molar refractivity (Wildman–Crippen MR) is 119 cm³/mol. The number of thioether (sulfide) groups is 1. The summed E-state index contributed by atoms with van der Waals surface area (Å²) in [6.45, 7) is 6.06. The number of nitrogens with one attached hydrogen (secondary N) is 2. The van der Waals surface area contributed by atoms with Crippen molar-refractivity contribution in [3.63, 3.8) is 0 Å². The van der Waals surface area contributed by atoms with Crippen LogP contribution in [0.5, 0.6) is 0 Å². The zero-order valence-corrected chi connectivity index (χ0v) is 17.5. The molecule has 29 heavy (non-hydrogen) atoms. The van der Waals surface area contributed by atoms with Crippen LogP contribution in [0.3, 0.4) is 0 Å². The minimum Gasteiger partial charge on any atom is -0.368 e. The lowest BCUT2D eigenvalue weighted by molar-refractivity contribution is -0.113. The fourth-order valence-corrected chi connectivity index (χ4v) is 3.31. The molecular weight excluding hydrogens is 384 g/mol. The van der Waals surface area contributed by atoms with E-state index in [9.17, 15) is 4.79 Å². The van der Waals surface area contributed by atoms with E-state index in [-0.39, 0.29) is 11.9 Å². The van der Waals surface area contributed by atoms with Crippen LogP contribution in [-0.4, -0.2) is 26.6 Å². The minimum atomic E-state index is -0.0708. The van der Waals surface area contributed by atoms with Crippen molar-refractivity contribution >= 4 is 40.9 Å². The van der Waals surface area contributed by atoms with Crippen molar-refractivity contribution in [2.45, 2.75) is 26.5 Å². The summed E-state index contributed by atoms with van der Waals surface area (Å²) in [6.07, 6.45) is 0. The summed E-state index contributed by atoms with van der Waals surface area (Å²) in [5.41, 5.74) is 10.9. The molecule has 0 aliphatic rings. The van der Waals surface area contributed by atoms with Crippen LogP contribution in [0.1, 0.15) is 22.5 Å². The number of hydrogen-bond acceptors (Lipinski definition) is 7. The van der Waals surface area contributed by atoms with Crippen molar-refractivity contribution in [3.8, 4) is 0 Å². The number of carbonyl (C=O) groups excluding carboxylic acids is 1. The van der Waals surface area contributed by atoms with Gasteiger partial charge in [0.1, 0.15) is 5.82 Å². The monoisotopic (exact) mass is 408 g/mol. The smallest absolute Gasteiger partial charge is 0.234 e. The highest BCUT2D eigenvalue weighted by molar-refractivity contribution is 7.99. The number of nitrogen functional groups attached to an aromatic ring is 1. The lowest BCUT2D eigenvalue weighted by Gasteiger charge is -2.10. The molecule has 0 spiro atoms. The molecule has 1 heterocycles. The van der Waals surface area contributed by atoms with Gasteiger partial charge in [-0.25, -0.2) is 0 Å². The number of hydrogen-bond donors (Lipinski definition) is 3. The van der Waals surface area contributed by atoms with Crippen molar-refractivity contribution in [1.29, 1.82) is 0 Å². The molecule has 0 saturated carbocycles. The number of rotatable bonds is 7. The van der Waals surface area contributed by atoms with Gasteiger partial charge in [0.05, 0.1) is 11.5 Å². The number of nitrogens with zero attached hydrogens (tertiary/aromatic N) is 3. The number of para-hydroxylation sites is 1. The molecule has 0 saturated heterocycles. The lowest BCUT2D eigenvalue weighted by Crippen LogP contribution is -2.14. The molecule has 0 fully saturated rings. The van der Waals surface area contributed by atoms with Gasteiger partial charge in [0.2, 0.25) is 17.8 Å². The average Bonchev–Trinajstić information content (AvgIpc) is 2.66. The van der Waals surface area contributed by atoms with E-state index in [1.165, 1.54) is 17.3 Å². The summed E-state index contributed by atoms with van der Waals surface area (Å²) in [5.74, 6) is 1.73. The van der Waals surface area contributed by atoms with Gasteiger partial charge in [-0.15, -0.1) is 11.8 Å². The van der Waals surface area contributed by atoms with E-state index in [2.05, 4.69) is 25.6 Å². The minimum absolute atomic E-state index is 0.0708. The Morgan fingerprint density at radius 2 is 1.79 bits per heavy atom. The Labute approximate surface area is 174 Å². The van der Waals surface area contributed by atoms with Crippen LogP contribution < -0.4 is 16.4 Å². The van der Waals surface area contributed by atoms with Crippen molar-refractivity contribution in [2.24, 2.45) is 0 Å². The van der Waals surface area contributed by atoms with Crippen LogP contribution in [0.15, 0.2) is 42.5 Å². The standard InChI is InChI=1S/C21H24N6OS/c1-13-8-9-16(10-15(13)3)23-19(28)12-29-11-18-25-20(22)27-21(26-18)24-17-7-5-4-6-14(17)2/h4-10H,11-12H2,1-3H3,(H,23,28)(H3,22,24,25,26,27). The molecule has 1 aromatic heterocycles. The van der Waals surface area contributed by atoms with E-state index in [4.69, 9.17) is 5.73 Å². The molecule has 8 heteroatoms. The van der Waals surface area contributed by atoms with Gasteiger partial charge < -0.3 is 16.4 Å². The second-order valence-electron chi connectivity index (χ2n) is 6.71. The molecule has 0 unspecified atom stereocenters. The van der Waals surface area contributed by atoms with Crippen LogP contribution in [0.25, 0.3) is 0 Å². The molecule has 0 bridgehead atoms. The average molecular weight is 409 g/mol. The summed E-state index contributed by atoms with van der Waals surface area (Å²) in [6, 6.07) is 13.7.